The molecule has 3 heteroatoms. The second-order valence-corrected chi connectivity index (χ2v) is 10.4. The molecule has 0 aromatic rings. The van der Waals surface area contributed by atoms with Crippen LogP contribution >= 0.6 is 0 Å². The molecule has 2 atom stereocenters. The lowest BCUT2D eigenvalue weighted by Crippen LogP contribution is -2.60. The molecule has 1 saturated heterocycles. The third-order valence-corrected chi connectivity index (χ3v) is 8.82. The molecule has 6 aliphatic rings. The lowest BCUT2D eigenvalue weighted by molar-refractivity contribution is -0.234. The Morgan fingerprint density at radius 1 is 0.731 bits per heavy atom. The summed E-state index contributed by atoms with van der Waals surface area (Å²) in [6, 6.07) is 0. The average Bonchev–Trinajstić information content (AvgIpc) is 3.02. The summed E-state index contributed by atoms with van der Waals surface area (Å²) >= 11 is 0. The topological polar surface area (TPSA) is 21.3 Å². The van der Waals surface area contributed by atoms with Gasteiger partial charge in [-0.05, 0) is 75.0 Å². The SMILES string of the molecule is FC1CCCCCCCCCCC12NCC1(O2)C2CC3CC(C2)CC1C3. The predicted molar refractivity (Wildman–Crippen MR) is 103 cm³/mol. The molecule has 5 aliphatic carbocycles. The fourth-order valence-corrected chi connectivity index (χ4v) is 7.61. The van der Waals surface area contributed by atoms with Gasteiger partial charge in [-0.15, -0.1) is 0 Å². The molecule has 2 nitrogen and oxygen atoms in total. The summed E-state index contributed by atoms with van der Waals surface area (Å²) in [5.74, 6) is 3.28. The maximum atomic E-state index is 15.5. The van der Waals surface area contributed by atoms with Crippen LogP contribution in [0.2, 0.25) is 0 Å². The van der Waals surface area contributed by atoms with Crippen molar-refractivity contribution in [3.05, 3.63) is 0 Å². The van der Waals surface area contributed by atoms with Crippen LogP contribution in [0.25, 0.3) is 0 Å². The smallest absolute Gasteiger partial charge is 0.151 e. The number of hydrogen-bond donors (Lipinski definition) is 1. The minimum Gasteiger partial charge on any atom is -0.349 e. The Hall–Kier alpha value is -0.150. The van der Waals surface area contributed by atoms with Gasteiger partial charge in [-0.25, -0.2) is 4.39 Å². The maximum absolute atomic E-state index is 15.5. The lowest BCUT2D eigenvalue weighted by atomic mass is 9.50. The highest BCUT2D eigenvalue weighted by Gasteiger charge is 2.64. The van der Waals surface area contributed by atoms with Gasteiger partial charge >= 0.3 is 0 Å². The number of rotatable bonds is 0. The van der Waals surface area contributed by atoms with Crippen molar-refractivity contribution < 1.29 is 9.13 Å². The van der Waals surface area contributed by atoms with Crippen LogP contribution in [0.15, 0.2) is 0 Å². The van der Waals surface area contributed by atoms with Gasteiger partial charge in [0, 0.05) is 6.54 Å². The van der Waals surface area contributed by atoms with Gasteiger partial charge in [0.1, 0.15) is 6.17 Å². The maximum Gasteiger partial charge on any atom is 0.151 e. The molecular formula is C23H38FNO. The van der Waals surface area contributed by atoms with Crippen molar-refractivity contribution in [2.45, 2.75) is 114 Å². The van der Waals surface area contributed by atoms with Crippen LogP contribution in [0, 0.1) is 23.7 Å². The molecule has 6 fully saturated rings. The summed E-state index contributed by atoms with van der Waals surface area (Å²) in [5, 5.41) is 3.70. The number of halogens is 1. The molecule has 2 spiro atoms. The molecule has 1 heterocycles. The molecular weight excluding hydrogens is 325 g/mol. The largest absolute Gasteiger partial charge is 0.349 e. The highest BCUT2D eigenvalue weighted by Crippen LogP contribution is 2.62. The van der Waals surface area contributed by atoms with E-state index in [4.69, 9.17) is 4.74 Å². The summed E-state index contributed by atoms with van der Waals surface area (Å²) in [6.07, 6.45) is 17.5. The zero-order valence-electron chi connectivity index (χ0n) is 16.5. The van der Waals surface area contributed by atoms with Gasteiger partial charge in [-0.3, -0.25) is 5.32 Å². The number of ether oxygens (including phenoxy) is 1. The van der Waals surface area contributed by atoms with E-state index in [1.165, 1.54) is 70.6 Å². The van der Waals surface area contributed by atoms with Crippen LogP contribution in [0.3, 0.4) is 0 Å². The summed E-state index contributed by atoms with van der Waals surface area (Å²) in [4.78, 5) is 0. The van der Waals surface area contributed by atoms with Crippen molar-refractivity contribution in [1.29, 1.82) is 0 Å². The number of alkyl halides is 1. The first-order chi connectivity index (χ1) is 12.7. The second-order valence-electron chi connectivity index (χ2n) is 10.4. The molecule has 0 aromatic heterocycles. The van der Waals surface area contributed by atoms with E-state index in [1.54, 1.807) is 0 Å². The van der Waals surface area contributed by atoms with E-state index in [0.717, 1.165) is 37.6 Å². The van der Waals surface area contributed by atoms with Gasteiger partial charge in [-0.2, -0.15) is 0 Å². The first kappa shape index (κ1) is 17.9. The Labute approximate surface area is 159 Å². The molecule has 148 valence electrons. The molecule has 0 amide bonds. The summed E-state index contributed by atoms with van der Waals surface area (Å²) in [7, 11) is 0. The van der Waals surface area contributed by atoms with E-state index in [9.17, 15) is 0 Å². The minimum atomic E-state index is -0.835. The molecule has 2 unspecified atom stereocenters. The van der Waals surface area contributed by atoms with Gasteiger partial charge in [-0.1, -0.05) is 44.9 Å². The summed E-state index contributed by atoms with van der Waals surface area (Å²) in [6.45, 7) is 0.919. The van der Waals surface area contributed by atoms with Crippen LogP contribution in [0.4, 0.5) is 4.39 Å². The molecule has 5 saturated carbocycles. The van der Waals surface area contributed by atoms with Gasteiger partial charge in [0.2, 0.25) is 0 Å². The third-order valence-electron chi connectivity index (χ3n) is 8.82. The first-order valence-corrected chi connectivity index (χ1v) is 11.8. The quantitative estimate of drug-likeness (QED) is 0.591. The molecule has 0 aromatic carbocycles. The number of hydrogen-bond acceptors (Lipinski definition) is 2. The van der Waals surface area contributed by atoms with E-state index < -0.39 is 11.9 Å². The van der Waals surface area contributed by atoms with Gasteiger partial charge in [0.25, 0.3) is 0 Å². The fourth-order valence-electron chi connectivity index (χ4n) is 7.61. The normalized spacial score (nSPS) is 52.3. The fraction of sp³-hybridized carbons (Fsp3) is 1.00. The monoisotopic (exact) mass is 363 g/mol. The zero-order chi connectivity index (χ0) is 17.6. The van der Waals surface area contributed by atoms with Crippen LogP contribution in [0.1, 0.15) is 96.3 Å². The Morgan fingerprint density at radius 3 is 1.96 bits per heavy atom. The highest BCUT2D eigenvalue weighted by molar-refractivity contribution is 5.14. The molecule has 26 heavy (non-hydrogen) atoms. The van der Waals surface area contributed by atoms with E-state index in [2.05, 4.69) is 5.32 Å². The first-order valence-electron chi connectivity index (χ1n) is 11.8. The summed E-state index contributed by atoms with van der Waals surface area (Å²) in [5.41, 5.74) is -0.705. The van der Waals surface area contributed by atoms with Crippen molar-refractivity contribution in [3.63, 3.8) is 0 Å². The van der Waals surface area contributed by atoms with Gasteiger partial charge in [0.05, 0.1) is 5.60 Å². The average molecular weight is 364 g/mol. The predicted octanol–water partition coefficient (Wildman–Crippen LogP) is 5.75. The van der Waals surface area contributed by atoms with Crippen molar-refractivity contribution in [1.82, 2.24) is 5.32 Å². The Morgan fingerprint density at radius 2 is 1.31 bits per heavy atom. The van der Waals surface area contributed by atoms with Crippen LogP contribution in [0.5, 0.6) is 0 Å². The van der Waals surface area contributed by atoms with Crippen molar-refractivity contribution >= 4 is 0 Å². The van der Waals surface area contributed by atoms with Crippen LogP contribution in [-0.4, -0.2) is 24.0 Å². The Bertz CT molecular complexity index is 480. The van der Waals surface area contributed by atoms with Gasteiger partial charge < -0.3 is 4.74 Å². The minimum absolute atomic E-state index is 0.0329. The van der Waals surface area contributed by atoms with Crippen molar-refractivity contribution in [3.8, 4) is 0 Å². The van der Waals surface area contributed by atoms with Gasteiger partial charge in [0.15, 0.2) is 5.72 Å². The van der Waals surface area contributed by atoms with Crippen LogP contribution in [-0.2, 0) is 4.74 Å². The number of nitrogens with one attached hydrogen (secondary N) is 1. The lowest BCUT2D eigenvalue weighted by Gasteiger charge is -2.59. The second kappa shape index (κ2) is 7.03. The molecule has 0 radical (unpaired) electrons. The van der Waals surface area contributed by atoms with E-state index in [1.807, 2.05) is 0 Å². The van der Waals surface area contributed by atoms with E-state index in [0.29, 0.717) is 18.3 Å². The Kier molecular flexibility index (Phi) is 4.84. The molecule has 6 rings (SSSR count). The highest BCUT2D eigenvalue weighted by atomic mass is 19.1. The Balaban J connectivity index is 1.35. The molecule has 1 aliphatic heterocycles. The molecule has 1 N–H and O–H groups in total. The molecule has 4 bridgehead atoms. The summed E-state index contributed by atoms with van der Waals surface area (Å²) < 4.78 is 22.5. The standard InChI is InChI=1S/C23H38FNO/c24-21-9-7-5-3-1-2-4-6-8-10-23(21)25-16-22(26-23)19-12-17-11-18(14-19)15-20(22)13-17/h17-21,25H,1-16H2. The van der Waals surface area contributed by atoms with E-state index in [-0.39, 0.29) is 5.60 Å². The zero-order valence-corrected chi connectivity index (χ0v) is 16.5. The van der Waals surface area contributed by atoms with Crippen molar-refractivity contribution in [2.75, 3.05) is 6.54 Å². The third kappa shape index (κ3) is 2.96. The van der Waals surface area contributed by atoms with Crippen molar-refractivity contribution in [2.24, 2.45) is 23.7 Å². The van der Waals surface area contributed by atoms with E-state index >= 15 is 4.39 Å². The van der Waals surface area contributed by atoms with Crippen LogP contribution < -0.4 is 5.32 Å².